The fraction of sp³-hybridized carbons (Fsp3) is 0.556. The van der Waals surface area contributed by atoms with Crippen LogP contribution in [-0.2, 0) is 18.6 Å². The number of aldehydes is 1. The highest BCUT2D eigenvalue weighted by Gasteiger charge is 2.38. The van der Waals surface area contributed by atoms with E-state index in [1.807, 2.05) is 0 Å². The SMILES string of the molecule is NC(=O)c1ncn([C@H]2CC(C=O)[C@@H](COP(=O)(O)F)O2)n1. The molecule has 0 aromatic carbocycles. The minimum Gasteiger partial charge on any atom is -0.363 e. The maximum Gasteiger partial charge on any atom is 0.510 e. The number of nitrogens with two attached hydrogens (primary N) is 1. The van der Waals surface area contributed by atoms with Gasteiger partial charge in [-0.25, -0.2) is 14.2 Å². The topological polar surface area (TPSA) is 147 Å². The highest BCUT2D eigenvalue weighted by molar-refractivity contribution is 7.46. The molecule has 0 radical (unpaired) electrons. The standard InChI is InChI=1S/C9H12FN4O6P/c10-21(17,18)19-3-6-5(2-15)1-7(20-6)14-4-12-9(13-14)8(11)16/h2,4-7H,1,3H2,(H2,11,16)(H,17,18)/t5?,6-,7-/m1/s1. The number of nitrogens with zero attached hydrogens (tertiary/aromatic N) is 3. The number of primary amides is 1. The Morgan fingerprint density at radius 3 is 3.00 bits per heavy atom. The predicted molar refractivity (Wildman–Crippen MR) is 63.5 cm³/mol. The van der Waals surface area contributed by atoms with E-state index in [-0.39, 0.29) is 12.2 Å². The maximum absolute atomic E-state index is 12.5. The molecule has 10 nitrogen and oxygen atoms in total. The van der Waals surface area contributed by atoms with Gasteiger partial charge in [0.05, 0.1) is 12.7 Å². The molecular formula is C9H12FN4O6P. The predicted octanol–water partition coefficient (Wildman–Crippen LogP) is -0.434. The minimum absolute atomic E-state index is 0.168. The molecule has 0 bridgehead atoms. The molecule has 2 unspecified atom stereocenters. The summed E-state index contributed by atoms with van der Waals surface area (Å²) < 4.78 is 33.6. The highest BCUT2D eigenvalue weighted by Crippen LogP contribution is 2.44. The van der Waals surface area contributed by atoms with Crippen molar-refractivity contribution in [2.75, 3.05) is 6.61 Å². The van der Waals surface area contributed by atoms with E-state index in [1.54, 1.807) is 0 Å². The van der Waals surface area contributed by atoms with Crippen LogP contribution in [0.5, 0.6) is 0 Å². The summed E-state index contributed by atoms with van der Waals surface area (Å²) in [7, 11) is -5.15. The number of carbonyl (C=O) groups is 2. The molecule has 0 spiro atoms. The van der Waals surface area contributed by atoms with E-state index in [0.29, 0.717) is 6.29 Å². The van der Waals surface area contributed by atoms with Crippen LogP contribution in [0.2, 0.25) is 0 Å². The number of hydrogen-bond donors (Lipinski definition) is 2. The average Bonchev–Trinajstić information content (AvgIpc) is 3.01. The van der Waals surface area contributed by atoms with Gasteiger partial charge in [0.15, 0.2) is 6.23 Å². The van der Waals surface area contributed by atoms with Crippen molar-refractivity contribution >= 4 is 20.1 Å². The monoisotopic (exact) mass is 322 g/mol. The van der Waals surface area contributed by atoms with Crippen molar-refractivity contribution < 1.29 is 32.5 Å². The minimum atomic E-state index is -5.15. The zero-order chi connectivity index (χ0) is 15.6. The Bertz CT molecular complexity index is 589. The van der Waals surface area contributed by atoms with Crippen LogP contribution in [0, 0.1) is 5.92 Å². The van der Waals surface area contributed by atoms with E-state index < -0.39 is 38.7 Å². The second-order valence-electron chi connectivity index (χ2n) is 4.32. The van der Waals surface area contributed by atoms with Gasteiger partial charge in [0.1, 0.15) is 12.6 Å². The largest absolute Gasteiger partial charge is 0.510 e. The van der Waals surface area contributed by atoms with Crippen LogP contribution in [0.15, 0.2) is 6.33 Å². The van der Waals surface area contributed by atoms with Gasteiger partial charge in [0, 0.05) is 12.3 Å². The number of carbonyl (C=O) groups excluding carboxylic acids is 2. The third-order valence-electron chi connectivity index (χ3n) is 2.88. The fourth-order valence-corrected chi connectivity index (χ4v) is 2.24. The smallest absolute Gasteiger partial charge is 0.363 e. The fourth-order valence-electron chi connectivity index (χ4n) is 1.91. The summed E-state index contributed by atoms with van der Waals surface area (Å²) in [5, 5.41) is 3.77. The first-order valence-corrected chi connectivity index (χ1v) is 7.25. The Balaban J connectivity index is 2.05. The molecule has 12 heteroatoms. The third-order valence-corrected chi connectivity index (χ3v) is 3.35. The Morgan fingerprint density at radius 1 is 1.76 bits per heavy atom. The van der Waals surface area contributed by atoms with Crippen LogP contribution in [0.25, 0.3) is 0 Å². The van der Waals surface area contributed by atoms with E-state index in [0.717, 1.165) is 0 Å². The summed E-state index contributed by atoms with van der Waals surface area (Å²) in [5.41, 5.74) is 5.01. The van der Waals surface area contributed by atoms with Crippen molar-refractivity contribution in [2.24, 2.45) is 11.7 Å². The second-order valence-corrected chi connectivity index (χ2v) is 5.49. The molecule has 1 aliphatic rings. The lowest BCUT2D eigenvalue weighted by molar-refractivity contribution is -0.113. The summed E-state index contributed by atoms with van der Waals surface area (Å²) in [6.45, 7) is -0.568. The van der Waals surface area contributed by atoms with Crippen LogP contribution in [0.4, 0.5) is 4.20 Å². The number of ether oxygens (including phenoxy) is 1. The van der Waals surface area contributed by atoms with Gasteiger partial charge in [0.25, 0.3) is 5.91 Å². The van der Waals surface area contributed by atoms with E-state index in [4.69, 9.17) is 15.4 Å². The van der Waals surface area contributed by atoms with Gasteiger partial charge >= 0.3 is 7.91 Å². The highest BCUT2D eigenvalue weighted by atomic mass is 31.2. The molecule has 4 atom stereocenters. The zero-order valence-corrected chi connectivity index (χ0v) is 11.4. The number of halogens is 1. The van der Waals surface area contributed by atoms with E-state index in [1.165, 1.54) is 11.0 Å². The Morgan fingerprint density at radius 2 is 2.48 bits per heavy atom. The van der Waals surface area contributed by atoms with Gasteiger partial charge in [-0.1, -0.05) is 0 Å². The summed E-state index contributed by atoms with van der Waals surface area (Å²) in [6.07, 6.45) is 0.279. The first-order valence-electron chi connectivity index (χ1n) is 5.79. The molecule has 116 valence electrons. The Labute approximate surface area is 117 Å². The molecule has 0 saturated carbocycles. The average molecular weight is 322 g/mol. The number of rotatable bonds is 6. The quantitative estimate of drug-likeness (QED) is 0.529. The number of amides is 1. The van der Waals surface area contributed by atoms with E-state index >= 15 is 0 Å². The van der Waals surface area contributed by atoms with Gasteiger partial charge < -0.3 is 15.3 Å². The molecule has 1 aliphatic heterocycles. The van der Waals surface area contributed by atoms with Crippen molar-refractivity contribution in [3.05, 3.63) is 12.2 Å². The van der Waals surface area contributed by atoms with E-state index in [2.05, 4.69) is 14.6 Å². The van der Waals surface area contributed by atoms with Crippen LogP contribution in [0.1, 0.15) is 23.3 Å². The Kier molecular flexibility index (Phi) is 4.47. The maximum atomic E-state index is 12.5. The van der Waals surface area contributed by atoms with Crippen molar-refractivity contribution in [1.29, 1.82) is 0 Å². The number of aromatic nitrogens is 3. The van der Waals surface area contributed by atoms with Crippen LogP contribution in [0.3, 0.4) is 0 Å². The Hall–Kier alpha value is -1.68. The van der Waals surface area contributed by atoms with Gasteiger partial charge in [-0.15, -0.1) is 9.30 Å². The van der Waals surface area contributed by atoms with Gasteiger partial charge in [-0.05, 0) is 0 Å². The van der Waals surface area contributed by atoms with Crippen LogP contribution < -0.4 is 5.73 Å². The lowest BCUT2D eigenvalue weighted by Crippen LogP contribution is -2.23. The van der Waals surface area contributed by atoms with Crippen molar-refractivity contribution in [3.63, 3.8) is 0 Å². The molecule has 1 aromatic rings. The summed E-state index contributed by atoms with van der Waals surface area (Å²) in [5.74, 6) is -1.72. The molecule has 2 rings (SSSR count). The molecule has 3 N–H and O–H groups in total. The molecule has 1 fully saturated rings. The third kappa shape index (κ3) is 3.91. The molecule has 1 saturated heterocycles. The molecular weight excluding hydrogens is 310 g/mol. The van der Waals surface area contributed by atoms with Crippen LogP contribution >= 0.6 is 7.91 Å². The number of hydrogen-bond acceptors (Lipinski definition) is 7. The van der Waals surface area contributed by atoms with Gasteiger partial charge in [0.2, 0.25) is 5.82 Å². The first kappa shape index (κ1) is 15.7. The lowest BCUT2D eigenvalue weighted by atomic mass is 10.0. The zero-order valence-electron chi connectivity index (χ0n) is 10.5. The second kappa shape index (κ2) is 5.98. The van der Waals surface area contributed by atoms with Crippen molar-refractivity contribution in [3.8, 4) is 0 Å². The summed E-state index contributed by atoms with van der Waals surface area (Å²) in [6, 6.07) is 0. The van der Waals surface area contributed by atoms with Crippen molar-refractivity contribution in [2.45, 2.75) is 18.8 Å². The lowest BCUT2D eigenvalue weighted by Gasteiger charge is -2.14. The molecule has 1 amide bonds. The molecule has 2 heterocycles. The normalized spacial score (nSPS) is 28.2. The summed E-state index contributed by atoms with van der Waals surface area (Å²) in [4.78, 5) is 33.9. The van der Waals surface area contributed by atoms with E-state index in [9.17, 15) is 18.4 Å². The molecule has 1 aromatic heterocycles. The van der Waals surface area contributed by atoms with Crippen LogP contribution in [-0.4, -0.2) is 44.6 Å². The van der Waals surface area contributed by atoms with Gasteiger partial charge in [-0.3, -0.25) is 14.2 Å². The van der Waals surface area contributed by atoms with Crippen molar-refractivity contribution in [1.82, 2.24) is 14.8 Å². The summed E-state index contributed by atoms with van der Waals surface area (Å²) >= 11 is 0. The van der Waals surface area contributed by atoms with Gasteiger partial charge in [-0.2, -0.15) is 0 Å². The first-order chi connectivity index (χ1) is 9.80. The molecule has 21 heavy (non-hydrogen) atoms. The molecule has 0 aliphatic carbocycles.